The Morgan fingerprint density at radius 2 is 2.12 bits per heavy atom. The summed E-state index contributed by atoms with van der Waals surface area (Å²) in [5.74, 6) is 0. The summed E-state index contributed by atoms with van der Waals surface area (Å²) < 4.78 is 31.9. The molecule has 0 aliphatic carbocycles. The van der Waals surface area contributed by atoms with Gasteiger partial charge in [0.25, 0.3) is 10.1 Å². The highest BCUT2D eigenvalue weighted by molar-refractivity contribution is 7.87. The van der Waals surface area contributed by atoms with Gasteiger partial charge in [-0.15, -0.1) is 0 Å². The highest BCUT2D eigenvalue weighted by Crippen LogP contribution is 1.99. The molecular formula is C2H6O4S2. The van der Waals surface area contributed by atoms with Crippen molar-refractivity contribution in [2.24, 2.45) is 0 Å². The molecular weight excluding hydrogens is 152 g/mol. The fourth-order valence-corrected chi connectivity index (χ4v) is 0.489. The molecule has 50 valence electrons. The lowest BCUT2D eigenvalue weighted by Gasteiger charge is -2.00. The molecule has 0 saturated heterocycles. The van der Waals surface area contributed by atoms with Crippen molar-refractivity contribution in [2.75, 3.05) is 0 Å². The minimum atomic E-state index is -4.05. The second kappa shape index (κ2) is 2.67. The van der Waals surface area contributed by atoms with E-state index in [1.165, 1.54) is 6.92 Å². The summed E-state index contributed by atoms with van der Waals surface area (Å²) in [6.45, 7) is 1.17. The molecule has 0 spiro atoms. The van der Waals surface area contributed by atoms with Gasteiger partial charge in [-0.25, -0.2) is 0 Å². The van der Waals surface area contributed by atoms with Crippen molar-refractivity contribution in [3.8, 4) is 0 Å². The first-order valence-corrected chi connectivity index (χ1v) is 3.62. The standard InChI is InChI=1S/C2H6O4S2/c1-2(6-7)8(3,4)5/h2,7H,1H3,(H,3,4,5). The maximum absolute atomic E-state index is 9.94. The van der Waals surface area contributed by atoms with E-state index in [9.17, 15) is 8.42 Å². The van der Waals surface area contributed by atoms with Gasteiger partial charge in [-0.1, -0.05) is 0 Å². The third-order valence-electron chi connectivity index (χ3n) is 0.568. The van der Waals surface area contributed by atoms with Crippen LogP contribution in [-0.4, -0.2) is 18.4 Å². The number of hydrogen-bond acceptors (Lipinski definition) is 4. The van der Waals surface area contributed by atoms with Crippen molar-refractivity contribution < 1.29 is 17.2 Å². The van der Waals surface area contributed by atoms with Crippen LogP contribution in [0.25, 0.3) is 0 Å². The Morgan fingerprint density at radius 3 is 2.12 bits per heavy atom. The molecule has 0 fully saturated rings. The lowest BCUT2D eigenvalue weighted by molar-refractivity contribution is 0.323. The smallest absolute Gasteiger partial charge is 0.293 e. The van der Waals surface area contributed by atoms with Crippen LogP contribution in [0.3, 0.4) is 0 Å². The van der Waals surface area contributed by atoms with Crippen LogP contribution in [-0.2, 0) is 14.3 Å². The zero-order chi connectivity index (χ0) is 6.78. The van der Waals surface area contributed by atoms with Crippen LogP contribution in [0.1, 0.15) is 6.92 Å². The van der Waals surface area contributed by atoms with Gasteiger partial charge in [0.1, 0.15) is 0 Å². The first-order chi connectivity index (χ1) is 3.48. The molecule has 8 heavy (non-hydrogen) atoms. The molecule has 0 bridgehead atoms. The van der Waals surface area contributed by atoms with Gasteiger partial charge in [0, 0.05) is 0 Å². The van der Waals surface area contributed by atoms with Gasteiger partial charge in [0.15, 0.2) is 5.44 Å². The summed E-state index contributed by atoms with van der Waals surface area (Å²) in [7, 11) is -4.05. The fraction of sp³-hybridized carbons (Fsp3) is 1.00. The summed E-state index contributed by atoms with van der Waals surface area (Å²) in [6, 6.07) is 0. The van der Waals surface area contributed by atoms with E-state index in [2.05, 4.69) is 17.1 Å². The molecule has 0 radical (unpaired) electrons. The van der Waals surface area contributed by atoms with E-state index in [4.69, 9.17) is 4.55 Å². The second-order valence-electron chi connectivity index (χ2n) is 1.19. The van der Waals surface area contributed by atoms with Crippen molar-refractivity contribution in [1.29, 1.82) is 0 Å². The van der Waals surface area contributed by atoms with Crippen molar-refractivity contribution >= 4 is 23.0 Å². The Balaban J connectivity index is 4.04. The van der Waals surface area contributed by atoms with Crippen LogP contribution >= 0.6 is 12.9 Å². The minimum Gasteiger partial charge on any atom is -0.297 e. The third-order valence-corrected chi connectivity index (χ3v) is 1.96. The molecule has 0 saturated carbocycles. The van der Waals surface area contributed by atoms with Crippen LogP contribution in [0.4, 0.5) is 0 Å². The molecule has 4 nitrogen and oxygen atoms in total. The van der Waals surface area contributed by atoms with Crippen LogP contribution in [0.2, 0.25) is 0 Å². The van der Waals surface area contributed by atoms with Crippen molar-refractivity contribution in [3.63, 3.8) is 0 Å². The summed E-state index contributed by atoms with van der Waals surface area (Å²) in [5, 5.41) is 0. The first kappa shape index (κ1) is 8.22. The van der Waals surface area contributed by atoms with E-state index in [0.717, 1.165) is 0 Å². The number of rotatable bonds is 2. The Bertz CT molecular complexity index is 147. The topological polar surface area (TPSA) is 63.6 Å². The molecule has 1 atom stereocenters. The van der Waals surface area contributed by atoms with Crippen molar-refractivity contribution in [1.82, 2.24) is 0 Å². The maximum atomic E-state index is 9.94. The third kappa shape index (κ3) is 2.51. The highest BCUT2D eigenvalue weighted by Gasteiger charge is 2.15. The fourth-order valence-electron chi connectivity index (χ4n) is 0.0544. The highest BCUT2D eigenvalue weighted by atomic mass is 32.2. The molecule has 1 N–H and O–H groups in total. The van der Waals surface area contributed by atoms with E-state index in [0.29, 0.717) is 0 Å². The SMILES string of the molecule is CC(OS)S(=O)(=O)O. The largest absolute Gasteiger partial charge is 0.297 e. The molecule has 0 aliphatic rings. The van der Waals surface area contributed by atoms with E-state index < -0.39 is 15.6 Å². The van der Waals surface area contributed by atoms with Crippen LogP contribution in [0.5, 0.6) is 0 Å². The van der Waals surface area contributed by atoms with Gasteiger partial charge < -0.3 is 0 Å². The van der Waals surface area contributed by atoms with Crippen LogP contribution in [0.15, 0.2) is 0 Å². The molecule has 0 aromatic heterocycles. The molecule has 0 amide bonds. The predicted octanol–water partition coefficient (Wildman–Crippen LogP) is 0.0816. The molecule has 0 rings (SSSR count). The van der Waals surface area contributed by atoms with E-state index in [1.54, 1.807) is 0 Å². The quantitative estimate of drug-likeness (QED) is 0.339. The predicted molar refractivity (Wildman–Crippen MR) is 31.1 cm³/mol. The Labute approximate surface area is 53.2 Å². The molecule has 1 unspecified atom stereocenters. The van der Waals surface area contributed by atoms with Crippen LogP contribution in [0, 0.1) is 0 Å². The molecule has 0 aliphatic heterocycles. The lowest BCUT2D eigenvalue weighted by atomic mass is 10.9. The van der Waals surface area contributed by atoms with E-state index in [-0.39, 0.29) is 0 Å². The maximum Gasteiger partial charge on any atom is 0.293 e. The Kier molecular flexibility index (Phi) is 2.75. The summed E-state index contributed by atoms with van der Waals surface area (Å²) in [4.78, 5) is 0. The monoisotopic (exact) mass is 158 g/mol. The van der Waals surface area contributed by atoms with Crippen molar-refractivity contribution in [3.05, 3.63) is 0 Å². The average molecular weight is 158 g/mol. The zero-order valence-electron chi connectivity index (χ0n) is 4.10. The Hall–Kier alpha value is 0.220. The van der Waals surface area contributed by atoms with Gasteiger partial charge in [0.2, 0.25) is 0 Å². The summed E-state index contributed by atoms with van der Waals surface area (Å²) in [6.07, 6.45) is 0. The summed E-state index contributed by atoms with van der Waals surface area (Å²) in [5.41, 5.74) is -1.26. The van der Waals surface area contributed by atoms with Gasteiger partial charge in [0.05, 0.1) is 0 Å². The van der Waals surface area contributed by atoms with Gasteiger partial charge in [-0.05, 0) is 19.8 Å². The molecule has 0 heterocycles. The van der Waals surface area contributed by atoms with E-state index in [1.807, 2.05) is 0 Å². The summed E-state index contributed by atoms with van der Waals surface area (Å²) >= 11 is 3.17. The lowest BCUT2D eigenvalue weighted by Crippen LogP contribution is -2.15. The van der Waals surface area contributed by atoms with Crippen molar-refractivity contribution in [2.45, 2.75) is 12.4 Å². The number of hydrogen-bond donors (Lipinski definition) is 2. The minimum absolute atomic E-state index is 1.17. The average Bonchev–Trinajstić information content (AvgIpc) is 1.62. The second-order valence-corrected chi connectivity index (χ2v) is 3.09. The molecule has 0 aromatic rings. The zero-order valence-corrected chi connectivity index (χ0v) is 5.82. The number of thiol groups is 1. The van der Waals surface area contributed by atoms with Gasteiger partial charge in [-0.2, -0.15) is 8.42 Å². The van der Waals surface area contributed by atoms with E-state index >= 15 is 0 Å². The first-order valence-electron chi connectivity index (χ1n) is 1.75. The van der Waals surface area contributed by atoms with Gasteiger partial charge >= 0.3 is 0 Å². The molecule has 6 heteroatoms. The molecule has 0 aromatic carbocycles. The Morgan fingerprint density at radius 1 is 1.75 bits per heavy atom. The van der Waals surface area contributed by atoms with Gasteiger partial charge in [-0.3, -0.25) is 8.74 Å². The normalized spacial score (nSPS) is 15.9. The van der Waals surface area contributed by atoms with Crippen LogP contribution < -0.4 is 0 Å².